The molecule has 28 heavy (non-hydrogen) atoms. The molecule has 3 aromatic rings. The molecular weight excluding hydrogens is 402 g/mol. The van der Waals surface area contributed by atoms with E-state index in [1.165, 1.54) is 17.4 Å². The molecule has 0 spiro atoms. The summed E-state index contributed by atoms with van der Waals surface area (Å²) in [5.41, 5.74) is 1.39. The monoisotopic (exact) mass is 417 g/mol. The number of thiazole rings is 1. The number of anilines is 2. The molecule has 2 aromatic carbocycles. The fourth-order valence-electron chi connectivity index (χ4n) is 3.01. The van der Waals surface area contributed by atoms with Gasteiger partial charge in [0.2, 0.25) is 0 Å². The van der Waals surface area contributed by atoms with E-state index in [9.17, 15) is 14.9 Å². The Labute approximate surface area is 169 Å². The number of nitrogens with zero attached hydrogens (tertiary/aromatic N) is 4. The molecule has 8 nitrogen and oxygen atoms in total. The van der Waals surface area contributed by atoms with E-state index in [1.807, 2.05) is 12.1 Å². The van der Waals surface area contributed by atoms with E-state index in [1.54, 1.807) is 29.2 Å². The van der Waals surface area contributed by atoms with Crippen molar-refractivity contribution in [3.05, 3.63) is 57.6 Å². The molecule has 1 aliphatic heterocycles. The molecule has 2 amide bonds. The van der Waals surface area contributed by atoms with Crippen LogP contribution in [0.2, 0.25) is 5.02 Å². The van der Waals surface area contributed by atoms with Gasteiger partial charge in [0.05, 0.1) is 25.8 Å². The van der Waals surface area contributed by atoms with Crippen LogP contribution in [0, 0.1) is 10.1 Å². The summed E-state index contributed by atoms with van der Waals surface area (Å²) in [6.45, 7) is 2.37. The van der Waals surface area contributed by atoms with Crippen LogP contribution in [0.25, 0.3) is 10.2 Å². The Balaban J connectivity index is 1.41. The third-order valence-corrected chi connectivity index (χ3v) is 5.93. The molecule has 1 saturated heterocycles. The second kappa shape index (κ2) is 7.61. The number of amides is 2. The number of urea groups is 1. The lowest BCUT2D eigenvalue weighted by Crippen LogP contribution is -2.50. The Hall–Kier alpha value is -2.91. The Morgan fingerprint density at radius 1 is 1.18 bits per heavy atom. The lowest BCUT2D eigenvalue weighted by Gasteiger charge is -2.34. The van der Waals surface area contributed by atoms with Crippen LogP contribution >= 0.6 is 22.9 Å². The van der Waals surface area contributed by atoms with Crippen molar-refractivity contribution in [2.24, 2.45) is 0 Å². The first-order valence-electron chi connectivity index (χ1n) is 8.61. The third-order valence-electron chi connectivity index (χ3n) is 4.52. The number of nitro benzene ring substituents is 1. The minimum atomic E-state index is -0.408. The summed E-state index contributed by atoms with van der Waals surface area (Å²) in [4.78, 5) is 31.4. The minimum Gasteiger partial charge on any atom is -0.345 e. The molecule has 0 unspecified atom stereocenters. The number of hydrogen-bond donors (Lipinski definition) is 1. The number of halogens is 1. The highest BCUT2D eigenvalue weighted by molar-refractivity contribution is 7.22. The van der Waals surface area contributed by atoms with Crippen LogP contribution in [-0.4, -0.2) is 47.0 Å². The van der Waals surface area contributed by atoms with Crippen LogP contribution in [0.3, 0.4) is 0 Å². The van der Waals surface area contributed by atoms with Gasteiger partial charge >= 0.3 is 6.03 Å². The Morgan fingerprint density at radius 3 is 2.64 bits per heavy atom. The highest BCUT2D eigenvalue weighted by Gasteiger charge is 2.24. The van der Waals surface area contributed by atoms with E-state index in [0.717, 1.165) is 15.3 Å². The number of carbonyl (C=O) groups excluding carboxylic acids is 1. The molecule has 0 saturated carbocycles. The molecule has 2 heterocycles. The van der Waals surface area contributed by atoms with Crippen molar-refractivity contribution >= 4 is 55.7 Å². The molecule has 4 rings (SSSR count). The quantitative estimate of drug-likeness (QED) is 0.509. The number of rotatable bonds is 3. The second-order valence-corrected chi connectivity index (χ2v) is 7.71. The number of non-ortho nitro benzene ring substituents is 1. The summed E-state index contributed by atoms with van der Waals surface area (Å²) in [7, 11) is 0. The van der Waals surface area contributed by atoms with Gasteiger partial charge in [0.1, 0.15) is 0 Å². The number of fused-ring (bicyclic) bond motifs is 1. The summed E-state index contributed by atoms with van der Waals surface area (Å²) < 4.78 is 0.781. The number of para-hydroxylation sites is 1. The highest BCUT2D eigenvalue weighted by atomic mass is 35.5. The molecule has 0 aliphatic carbocycles. The maximum Gasteiger partial charge on any atom is 0.322 e. The zero-order valence-electron chi connectivity index (χ0n) is 14.7. The van der Waals surface area contributed by atoms with Crippen LogP contribution in [0.1, 0.15) is 0 Å². The fourth-order valence-corrected chi connectivity index (χ4v) is 4.24. The van der Waals surface area contributed by atoms with Crippen LogP contribution in [0.4, 0.5) is 21.3 Å². The van der Waals surface area contributed by atoms with Gasteiger partial charge in [-0.2, -0.15) is 0 Å². The number of aromatic nitrogens is 1. The van der Waals surface area contributed by atoms with Gasteiger partial charge in [0.15, 0.2) is 5.13 Å². The number of hydrogen-bond acceptors (Lipinski definition) is 6. The van der Waals surface area contributed by atoms with Crippen molar-refractivity contribution in [3.8, 4) is 0 Å². The van der Waals surface area contributed by atoms with Gasteiger partial charge < -0.3 is 15.1 Å². The molecule has 0 bridgehead atoms. The topological polar surface area (TPSA) is 91.6 Å². The van der Waals surface area contributed by atoms with Gasteiger partial charge in [-0.25, -0.2) is 9.78 Å². The van der Waals surface area contributed by atoms with Crippen molar-refractivity contribution in [2.45, 2.75) is 0 Å². The van der Waals surface area contributed by atoms with E-state index in [2.05, 4.69) is 15.2 Å². The summed E-state index contributed by atoms with van der Waals surface area (Å²) in [6, 6.07) is 11.6. The standard InChI is InChI=1S/C18H16ClN5O3S/c19-13-3-1-2-4-14(13)20-17(25)22-7-9-23(10-8-22)18-21-15-6-5-12(24(26)27)11-16(15)28-18/h1-6,11H,7-10H2,(H,20,25). The van der Waals surface area contributed by atoms with Crippen molar-refractivity contribution in [2.75, 3.05) is 36.4 Å². The van der Waals surface area contributed by atoms with Gasteiger partial charge in [-0.05, 0) is 18.2 Å². The lowest BCUT2D eigenvalue weighted by molar-refractivity contribution is -0.384. The first-order chi connectivity index (χ1) is 13.5. The molecule has 0 atom stereocenters. The molecule has 1 aliphatic rings. The van der Waals surface area contributed by atoms with Crippen molar-refractivity contribution in [3.63, 3.8) is 0 Å². The lowest BCUT2D eigenvalue weighted by atomic mass is 10.3. The summed E-state index contributed by atoms with van der Waals surface area (Å²) in [5.74, 6) is 0. The van der Waals surface area contributed by atoms with E-state index in [-0.39, 0.29) is 11.7 Å². The predicted octanol–water partition coefficient (Wildman–Crippen LogP) is 4.21. The van der Waals surface area contributed by atoms with E-state index >= 15 is 0 Å². The number of piperazine rings is 1. The average Bonchev–Trinajstić information content (AvgIpc) is 3.13. The molecule has 10 heteroatoms. The van der Waals surface area contributed by atoms with E-state index in [0.29, 0.717) is 36.9 Å². The fraction of sp³-hybridized carbons (Fsp3) is 0.222. The van der Waals surface area contributed by atoms with E-state index < -0.39 is 4.92 Å². The zero-order valence-corrected chi connectivity index (χ0v) is 16.2. The van der Waals surface area contributed by atoms with Gasteiger partial charge in [-0.3, -0.25) is 10.1 Å². The van der Waals surface area contributed by atoms with Crippen molar-refractivity contribution in [1.82, 2.24) is 9.88 Å². The Bertz CT molecular complexity index is 1050. The first-order valence-corrected chi connectivity index (χ1v) is 9.81. The zero-order chi connectivity index (χ0) is 19.7. The second-order valence-electron chi connectivity index (χ2n) is 6.29. The first kappa shape index (κ1) is 18.5. The predicted molar refractivity (Wildman–Crippen MR) is 111 cm³/mol. The summed E-state index contributed by atoms with van der Waals surface area (Å²) in [6.07, 6.45) is 0. The summed E-state index contributed by atoms with van der Waals surface area (Å²) >= 11 is 7.51. The normalized spacial score (nSPS) is 14.3. The van der Waals surface area contributed by atoms with Crippen molar-refractivity contribution < 1.29 is 9.72 Å². The number of benzene rings is 2. The highest BCUT2D eigenvalue weighted by Crippen LogP contribution is 2.32. The minimum absolute atomic E-state index is 0.0590. The SMILES string of the molecule is O=C(Nc1ccccc1Cl)N1CCN(c2nc3ccc([N+](=O)[O-])cc3s2)CC1. The summed E-state index contributed by atoms with van der Waals surface area (Å²) in [5, 5.41) is 15.1. The molecule has 0 radical (unpaired) electrons. The largest absolute Gasteiger partial charge is 0.345 e. The molecule has 1 aromatic heterocycles. The maximum atomic E-state index is 12.5. The number of nitrogens with one attached hydrogen (secondary N) is 1. The molecule has 1 N–H and O–H groups in total. The third kappa shape index (κ3) is 3.71. The molecule has 1 fully saturated rings. The van der Waals surface area contributed by atoms with Crippen LogP contribution in [0.5, 0.6) is 0 Å². The Morgan fingerprint density at radius 2 is 1.93 bits per heavy atom. The molecular formula is C18H16ClN5O3S. The Kier molecular flexibility index (Phi) is 5.01. The van der Waals surface area contributed by atoms with Gasteiger partial charge in [0, 0.05) is 38.3 Å². The van der Waals surface area contributed by atoms with Crippen molar-refractivity contribution in [1.29, 1.82) is 0 Å². The maximum absolute atomic E-state index is 12.5. The van der Waals surface area contributed by atoms with Gasteiger partial charge in [-0.1, -0.05) is 35.1 Å². The number of carbonyl (C=O) groups is 1. The smallest absolute Gasteiger partial charge is 0.322 e. The van der Waals surface area contributed by atoms with Crippen LogP contribution < -0.4 is 10.2 Å². The van der Waals surface area contributed by atoms with Crippen LogP contribution in [-0.2, 0) is 0 Å². The van der Waals surface area contributed by atoms with E-state index in [4.69, 9.17) is 11.6 Å². The van der Waals surface area contributed by atoms with Gasteiger partial charge in [0.25, 0.3) is 5.69 Å². The number of nitro groups is 1. The van der Waals surface area contributed by atoms with Crippen LogP contribution in [0.15, 0.2) is 42.5 Å². The molecule has 144 valence electrons. The van der Waals surface area contributed by atoms with Gasteiger partial charge in [-0.15, -0.1) is 0 Å². The average molecular weight is 418 g/mol.